The summed E-state index contributed by atoms with van der Waals surface area (Å²) in [4.78, 5) is 27.7. The Balaban J connectivity index is 1.76. The molecule has 0 aliphatic carbocycles. The molecule has 0 fully saturated rings. The maximum atomic E-state index is 13.8. The van der Waals surface area contributed by atoms with Crippen LogP contribution in [-0.4, -0.2) is 21.8 Å². The van der Waals surface area contributed by atoms with Crippen LogP contribution in [0.25, 0.3) is 10.9 Å². The number of rotatable bonds is 5. The van der Waals surface area contributed by atoms with Crippen LogP contribution in [0.1, 0.15) is 17.5 Å². The SMILES string of the molecule is NC(=O)N(Cc1ccc(F)c(F)c1F)C(=O)CCc1c[nH]c2c(Cl)cccc12. The largest absolute Gasteiger partial charge is 0.360 e. The van der Waals surface area contributed by atoms with Crippen molar-refractivity contribution in [3.8, 4) is 0 Å². The molecule has 0 aliphatic rings. The number of aryl methyl sites for hydroxylation is 1. The van der Waals surface area contributed by atoms with E-state index in [0.717, 1.165) is 22.5 Å². The standard InChI is InChI=1S/C19H15ClF3N3O2/c20-13-3-1-2-12-10(8-25-18(12)13)5-7-15(27)26(19(24)28)9-11-4-6-14(21)17(23)16(11)22/h1-4,6,8,25H,5,7,9H2,(H2,24,28). The van der Waals surface area contributed by atoms with Gasteiger partial charge in [0.05, 0.1) is 17.1 Å². The smallest absolute Gasteiger partial charge is 0.321 e. The number of benzene rings is 2. The number of urea groups is 1. The van der Waals surface area contributed by atoms with Crippen molar-refractivity contribution in [1.29, 1.82) is 0 Å². The molecule has 0 spiro atoms. The van der Waals surface area contributed by atoms with Crippen molar-refractivity contribution in [2.75, 3.05) is 0 Å². The molecule has 3 N–H and O–H groups in total. The van der Waals surface area contributed by atoms with Crippen molar-refractivity contribution in [3.05, 3.63) is 70.1 Å². The summed E-state index contributed by atoms with van der Waals surface area (Å²) in [6.45, 7) is -0.600. The quantitative estimate of drug-likeness (QED) is 0.617. The minimum absolute atomic E-state index is 0.103. The zero-order chi connectivity index (χ0) is 20.4. The summed E-state index contributed by atoms with van der Waals surface area (Å²) in [6.07, 6.45) is 1.87. The van der Waals surface area contributed by atoms with Crippen molar-refractivity contribution >= 4 is 34.4 Å². The Hall–Kier alpha value is -3.00. The Labute approximate surface area is 162 Å². The van der Waals surface area contributed by atoms with Gasteiger partial charge in [0, 0.05) is 23.6 Å². The van der Waals surface area contributed by atoms with Gasteiger partial charge < -0.3 is 10.7 Å². The lowest BCUT2D eigenvalue weighted by Crippen LogP contribution is -2.40. The van der Waals surface area contributed by atoms with Gasteiger partial charge in [-0.2, -0.15) is 0 Å². The summed E-state index contributed by atoms with van der Waals surface area (Å²) in [7, 11) is 0. The summed E-state index contributed by atoms with van der Waals surface area (Å²) in [5.41, 5.74) is 6.38. The molecule has 0 radical (unpaired) electrons. The van der Waals surface area contributed by atoms with E-state index in [4.69, 9.17) is 17.3 Å². The Morgan fingerprint density at radius 3 is 2.54 bits per heavy atom. The maximum absolute atomic E-state index is 13.8. The summed E-state index contributed by atoms with van der Waals surface area (Å²) in [5.74, 6) is -5.18. The van der Waals surface area contributed by atoms with E-state index >= 15 is 0 Å². The third-order valence-electron chi connectivity index (χ3n) is 4.37. The molecule has 0 saturated carbocycles. The predicted octanol–water partition coefficient (Wildman–Crippen LogP) is 4.28. The van der Waals surface area contributed by atoms with Crippen LogP contribution in [0.2, 0.25) is 5.02 Å². The minimum atomic E-state index is -1.68. The van der Waals surface area contributed by atoms with E-state index in [1.54, 1.807) is 18.3 Å². The summed E-state index contributed by atoms with van der Waals surface area (Å²) in [5, 5.41) is 1.36. The van der Waals surface area contributed by atoms with Crippen LogP contribution in [0, 0.1) is 17.5 Å². The lowest BCUT2D eigenvalue weighted by molar-refractivity contribution is -0.128. The number of imide groups is 1. The highest BCUT2D eigenvalue weighted by molar-refractivity contribution is 6.35. The Kier molecular flexibility index (Phi) is 5.60. The van der Waals surface area contributed by atoms with Crippen LogP contribution in [0.15, 0.2) is 36.5 Å². The Morgan fingerprint density at radius 2 is 1.82 bits per heavy atom. The molecule has 1 heterocycles. The van der Waals surface area contributed by atoms with E-state index in [-0.39, 0.29) is 18.4 Å². The molecule has 28 heavy (non-hydrogen) atoms. The number of H-pyrrole nitrogens is 1. The molecule has 3 aromatic rings. The van der Waals surface area contributed by atoms with Crippen molar-refractivity contribution in [1.82, 2.24) is 9.88 Å². The van der Waals surface area contributed by atoms with Crippen LogP contribution >= 0.6 is 11.6 Å². The number of amides is 3. The number of fused-ring (bicyclic) bond motifs is 1. The van der Waals surface area contributed by atoms with E-state index in [1.807, 2.05) is 6.07 Å². The van der Waals surface area contributed by atoms with Gasteiger partial charge in [0.25, 0.3) is 0 Å². The topological polar surface area (TPSA) is 79.2 Å². The van der Waals surface area contributed by atoms with Gasteiger partial charge in [-0.3, -0.25) is 9.69 Å². The maximum Gasteiger partial charge on any atom is 0.321 e. The number of aromatic amines is 1. The van der Waals surface area contributed by atoms with Gasteiger partial charge in [-0.1, -0.05) is 29.8 Å². The normalized spacial score (nSPS) is 11.0. The van der Waals surface area contributed by atoms with Crippen LogP contribution in [-0.2, 0) is 17.8 Å². The lowest BCUT2D eigenvalue weighted by atomic mass is 10.1. The molecule has 2 aromatic carbocycles. The number of nitrogens with one attached hydrogen (secondary N) is 1. The van der Waals surface area contributed by atoms with Crippen LogP contribution in [0.5, 0.6) is 0 Å². The third-order valence-corrected chi connectivity index (χ3v) is 4.68. The number of hydrogen-bond donors (Lipinski definition) is 2. The average molecular weight is 410 g/mol. The molecule has 9 heteroatoms. The minimum Gasteiger partial charge on any atom is -0.360 e. The first-order valence-corrected chi connectivity index (χ1v) is 8.64. The second kappa shape index (κ2) is 7.93. The van der Waals surface area contributed by atoms with Gasteiger partial charge >= 0.3 is 6.03 Å². The molecule has 0 aliphatic heterocycles. The Morgan fingerprint density at radius 1 is 1.07 bits per heavy atom. The van der Waals surface area contributed by atoms with E-state index < -0.39 is 35.9 Å². The van der Waals surface area contributed by atoms with Gasteiger partial charge in [-0.15, -0.1) is 0 Å². The van der Waals surface area contributed by atoms with Crippen molar-refractivity contribution in [3.63, 3.8) is 0 Å². The van der Waals surface area contributed by atoms with Gasteiger partial charge in [-0.05, 0) is 24.1 Å². The molecule has 5 nitrogen and oxygen atoms in total. The molecule has 146 valence electrons. The van der Waals surface area contributed by atoms with Crippen molar-refractivity contribution in [2.24, 2.45) is 5.73 Å². The number of carbonyl (C=O) groups excluding carboxylic acids is 2. The highest BCUT2D eigenvalue weighted by Crippen LogP contribution is 2.26. The van der Waals surface area contributed by atoms with Gasteiger partial charge in [-0.25, -0.2) is 18.0 Å². The molecule has 3 rings (SSSR count). The zero-order valence-electron chi connectivity index (χ0n) is 14.4. The molecular formula is C19H15ClF3N3O2. The average Bonchev–Trinajstić information content (AvgIpc) is 3.08. The van der Waals surface area contributed by atoms with E-state index in [2.05, 4.69) is 4.98 Å². The number of primary amides is 1. The van der Waals surface area contributed by atoms with Gasteiger partial charge in [0.2, 0.25) is 5.91 Å². The zero-order valence-corrected chi connectivity index (χ0v) is 15.2. The number of carbonyl (C=O) groups is 2. The highest BCUT2D eigenvalue weighted by atomic mass is 35.5. The molecule has 0 saturated heterocycles. The van der Waals surface area contributed by atoms with Gasteiger partial charge in [0.1, 0.15) is 0 Å². The lowest BCUT2D eigenvalue weighted by Gasteiger charge is -2.19. The summed E-state index contributed by atoms with van der Waals surface area (Å²) < 4.78 is 40.3. The first-order chi connectivity index (χ1) is 13.3. The van der Waals surface area contributed by atoms with E-state index in [0.29, 0.717) is 16.0 Å². The first kappa shape index (κ1) is 19.8. The number of halogens is 4. The highest BCUT2D eigenvalue weighted by Gasteiger charge is 2.23. The number of para-hydroxylation sites is 1. The van der Waals surface area contributed by atoms with E-state index in [1.165, 1.54) is 0 Å². The van der Waals surface area contributed by atoms with E-state index in [9.17, 15) is 22.8 Å². The van der Waals surface area contributed by atoms with Gasteiger partial charge in [0.15, 0.2) is 17.5 Å². The Bertz CT molecular complexity index is 1070. The number of nitrogens with two attached hydrogens (primary N) is 1. The molecular weight excluding hydrogens is 395 g/mol. The first-order valence-electron chi connectivity index (χ1n) is 8.26. The fraction of sp³-hybridized carbons (Fsp3) is 0.158. The van der Waals surface area contributed by atoms with Crippen molar-refractivity contribution in [2.45, 2.75) is 19.4 Å². The molecule has 0 unspecified atom stereocenters. The second-order valence-electron chi connectivity index (χ2n) is 6.13. The number of nitrogens with zero attached hydrogens (tertiary/aromatic N) is 1. The second-order valence-corrected chi connectivity index (χ2v) is 6.54. The van der Waals surface area contributed by atoms with Crippen LogP contribution in [0.3, 0.4) is 0 Å². The summed E-state index contributed by atoms with van der Waals surface area (Å²) >= 11 is 6.09. The third kappa shape index (κ3) is 3.82. The monoisotopic (exact) mass is 409 g/mol. The van der Waals surface area contributed by atoms with Crippen LogP contribution in [0.4, 0.5) is 18.0 Å². The summed E-state index contributed by atoms with van der Waals surface area (Å²) in [6, 6.07) is 5.88. The fourth-order valence-electron chi connectivity index (χ4n) is 2.91. The molecule has 0 bridgehead atoms. The van der Waals surface area contributed by atoms with Crippen molar-refractivity contribution < 1.29 is 22.8 Å². The number of hydrogen-bond acceptors (Lipinski definition) is 2. The molecule has 1 aromatic heterocycles. The molecule has 0 atom stereocenters. The van der Waals surface area contributed by atoms with Crippen LogP contribution < -0.4 is 5.73 Å². The predicted molar refractivity (Wildman–Crippen MR) is 98.1 cm³/mol. The number of aromatic nitrogens is 1. The fourth-order valence-corrected chi connectivity index (χ4v) is 3.14. The molecule has 3 amide bonds.